The van der Waals surface area contributed by atoms with E-state index in [9.17, 15) is 0 Å². The number of hydrogen-bond donors (Lipinski definition) is 1. The van der Waals surface area contributed by atoms with Crippen LogP contribution in [-0.4, -0.2) is 6.21 Å². The number of nitrogen functional groups attached to an aromatic ring is 1. The van der Waals surface area contributed by atoms with Gasteiger partial charge in [0.25, 0.3) is 0 Å². The molecule has 2 nitrogen and oxygen atoms in total. The molecule has 0 saturated heterocycles. The second kappa shape index (κ2) is 2.63. The lowest BCUT2D eigenvalue weighted by molar-refractivity contribution is 1.00. The van der Waals surface area contributed by atoms with E-state index < -0.39 is 0 Å². The molecule has 2 rings (SSSR count). The number of aryl methyl sites for hydroxylation is 1. The number of nitrogens with two attached hydrogens (primary N) is 1. The van der Waals surface area contributed by atoms with Gasteiger partial charge in [-0.1, -0.05) is 12.1 Å². The van der Waals surface area contributed by atoms with Gasteiger partial charge in [0.05, 0.1) is 6.54 Å². The molecule has 1 aromatic carbocycles. The summed E-state index contributed by atoms with van der Waals surface area (Å²) in [5, 5.41) is 0. The van der Waals surface area contributed by atoms with Crippen LogP contribution in [0.4, 0.5) is 5.69 Å². The highest BCUT2D eigenvalue weighted by atomic mass is 14.7. The highest BCUT2D eigenvalue weighted by molar-refractivity contribution is 5.71. The highest BCUT2D eigenvalue weighted by Crippen LogP contribution is 2.24. The van der Waals surface area contributed by atoms with Gasteiger partial charge in [0.1, 0.15) is 0 Å². The van der Waals surface area contributed by atoms with Crippen molar-refractivity contribution in [3.05, 3.63) is 28.8 Å². The summed E-state index contributed by atoms with van der Waals surface area (Å²) in [4.78, 5) is 4.21. The minimum absolute atomic E-state index is 0.791. The van der Waals surface area contributed by atoms with Crippen molar-refractivity contribution >= 4 is 11.9 Å². The van der Waals surface area contributed by atoms with Gasteiger partial charge in [-0.2, -0.15) is 0 Å². The number of rotatable bonds is 0. The van der Waals surface area contributed by atoms with Crippen LogP contribution in [0.5, 0.6) is 0 Å². The Kier molecular flexibility index (Phi) is 1.61. The predicted octanol–water partition coefficient (Wildman–Crippen LogP) is 1.70. The zero-order valence-corrected chi connectivity index (χ0v) is 7.17. The van der Waals surface area contributed by atoms with E-state index in [1.807, 2.05) is 13.1 Å². The molecular formula is C10H12N2. The summed E-state index contributed by atoms with van der Waals surface area (Å²) >= 11 is 0. The Morgan fingerprint density at radius 2 is 2.25 bits per heavy atom. The molecule has 0 aromatic heterocycles. The monoisotopic (exact) mass is 160 g/mol. The van der Waals surface area contributed by atoms with Crippen molar-refractivity contribution in [1.29, 1.82) is 0 Å². The van der Waals surface area contributed by atoms with E-state index in [4.69, 9.17) is 5.73 Å². The first-order valence-corrected chi connectivity index (χ1v) is 4.14. The fourth-order valence-electron chi connectivity index (χ4n) is 1.53. The lowest BCUT2D eigenvalue weighted by Gasteiger charge is -2.14. The highest BCUT2D eigenvalue weighted by Gasteiger charge is 2.09. The maximum absolute atomic E-state index is 5.94. The van der Waals surface area contributed by atoms with Crippen molar-refractivity contribution in [3.63, 3.8) is 0 Å². The van der Waals surface area contributed by atoms with Crippen LogP contribution in [0.1, 0.15) is 16.7 Å². The molecule has 0 radical (unpaired) electrons. The first-order valence-electron chi connectivity index (χ1n) is 4.14. The van der Waals surface area contributed by atoms with Gasteiger partial charge in [-0.25, -0.2) is 0 Å². The molecule has 1 aliphatic heterocycles. The fraction of sp³-hybridized carbons (Fsp3) is 0.300. The summed E-state index contributed by atoms with van der Waals surface area (Å²) in [7, 11) is 0. The maximum Gasteiger partial charge on any atom is 0.0639 e. The van der Waals surface area contributed by atoms with E-state index in [1.165, 1.54) is 16.7 Å². The standard InChI is InChI=1S/C10H12N2/c1-7-2-3-8-6-12-5-4-9(8)10(7)11/h2-3,5H,4,6,11H2,1H3. The van der Waals surface area contributed by atoms with E-state index in [0.29, 0.717) is 0 Å². The zero-order chi connectivity index (χ0) is 8.55. The summed E-state index contributed by atoms with van der Waals surface area (Å²) in [5.41, 5.74) is 10.6. The van der Waals surface area contributed by atoms with E-state index in [0.717, 1.165) is 18.7 Å². The van der Waals surface area contributed by atoms with Gasteiger partial charge < -0.3 is 5.73 Å². The van der Waals surface area contributed by atoms with Gasteiger partial charge in [0.15, 0.2) is 0 Å². The lowest BCUT2D eigenvalue weighted by atomic mass is 9.98. The van der Waals surface area contributed by atoms with Crippen molar-refractivity contribution in [3.8, 4) is 0 Å². The Morgan fingerprint density at radius 3 is 3.08 bits per heavy atom. The third kappa shape index (κ3) is 0.998. The number of hydrogen-bond acceptors (Lipinski definition) is 2. The molecule has 1 aliphatic rings. The third-order valence-electron chi connectivity index (χ3n) is 2.36. The van der Waals surface area contributed by atoms with Crippen molar-refractivity contribution in [2.45, 2.75) is 19.9 Å². The van der Waals surface area contributed by atoms with Crippen LogP contribution in [0, 0.1) is 6.92 Å². The smallest absolute Gasteiger partial charge is 0.0639 e. The zero-order valence-electron chi connectivity index (χ0n) is 7.17. The SMILES string of the molecule is Cc1ccc2c(c1N)CC=NC2. The molecule has 0 bridgehead atoms. The Hall–Kier alpha value is -1.31. The van der Waals surface area contributed by atoms with E-state index in [-0.39, 0.29) is 0 Å². The van der Waals surface area contributed by atoms with Crippen molar-refractivity contribution in [2.24, 2.45) is 4.99 Å². The predicted molar refractivity (Wildman–Crippen MR) is 51.5 cm³/mol. The average molecular weight is 160 g/mol. The van der Waals surface area contributed by atoms with Gasteiger partial charge in [-0.05, 0) is 23.6 Å². The van der Waals surface area contributed by atoms with Crippen LogP contribution in [0.3, 0.4) is 0 Å². The molecule has 0 unspecified atom stereocenters. The van der Waals surface area contributed by atoms with E-state index >= 15 is 0 Å². The molecule has 2 heteroatoms. The number of anilines is 1. The Bertz CT molecular complexity index is 340. The Morgan fingerprint density at radius 1 is 1.42 bits per heavy atom. The Labute approximate surface area is 72.1 Å². The minimum atomic E-state index is 0.791. The van der Waals surface area contributed by atoms with Crippen LogP contribution in [0.2, 0.25) is 0 Å². The molecule has 12 heavy (non-hydrogen) atoms. The minimum Gasteiger partial charge on any atom is -0.398 e. The summed E-state index contributed by atoms with van der Waals surface area (Å²) in [6.45, 7) is 2.83. The summed E-state index contributed by atoms with van der Waals surface area (Å²) < 4.78 is 0. The number of benzene rings is 1. The van der Waals surface area contributed by atoms with Crippen LogP contribution < -0.4 is 5.73 Å². The number of aliphatic imine (C=N–C) groups is 1. The average Bonchev–Trinajstić information content (AvgIpc) is 2.12. The molecule has 1 heterocycles. The van der Waals surface area contributed by atoms with Crippen LogP contribution >= 0.6 is 0 Å². The van der Waals surface area contributed by atoms with Crippen LogP contribution in [0.25, 0.3) is 0 Å². The number of nitrogens with zero attached hydrogens (tertiary/aromatic N) is 1. The first kappa shape index (κ1) is 7.35. The van der Waals surface area contributed by atoms with Crippen molar-refractivity contribution < 1.29 is 0 Å². The molecule has 62 valence electrons. The number of fused-ring (bicyclic) bond motifs is 1. The van der Waals surface area contributed by atoms with Gasteiger partial charge >= 0.3 is 0 Å². The molecular weight excluding hydrogens is 148 g/mol. The largest absolute Gasteiger partial charge is 0.398 e. The van der Waals surface area contributed by atoms with Crippen molar-refractivity contribution in [2.75, 3.05) is 5.73 Å². The molecule has 0 spiro atoms. The van der Waals surface area contributed by atoms with Crippen LogP contribution in [0.15, 0.2) is 17.1 Å². The molecule has 0 atom stereocenters. The second-order valence-electron chi connectivity index (χ2n) is 3.16. The summed E-state index contributed by atoms with van der Waals surface area (Å²) in [5.74, 6) is 0. The quantitative estimate of drug-likeness (QED) is 0.576. The molecule has 2 N–H and O–H groups in total. The van der Waals surface area contributed by atoms with Crippen LogP contribution in [-0.2, 0) is 13.0 Å². The third-order valence-corrected chi connectivity index (χ3v) is 2.36. The maximum atomic E-state index is 5.94. The van der Waals surface area contributed by atoms with Gasteiger partial charge in [-0.15, -0.1) is 0 Å². The van der Waals surface area contributed by atoms with Gasteiger partial charge in [0.2, 0.25) is 0 Å². The lowest BCUT2D eigenvalue weighted by Crippen LogP contribution is -2.06. The van der Waals surface area contributed by atoms with Gasteiger partial charge in [-0.3, -0.25) is 4.99 Å². The molecule has 0 fully saturated rings. The summed E-state index contributed by atoms with van der Waals surface area (Å²) in [6, 6.07) is 4.19. The van der Waals surface area contributed by atoms with Gasteiger partial charge in [0, 0.05) is 18.3 Å². The van der Waals surface area contributed by atoms with E-state index in [1.54, 1.807) is 0 Å². The molecule has 0 saturated carbocycles. The molecule has 0 amide bonds. The van der Waals surface area contributed by atoms with E-state index in [2.05, 4.69) is 17.1 Å². The second-order valence-corrected chi connectivity index (χ2v) is 3.16. The molecule has 1 aromatic rings. The topological polar surface area (TPSA) is 38.4 Å². The first-order chi connectivity index (χ1) is 5.79. The summed E-state index contributed by atoms with van der Waals surface area (Å²) in [6.07, 6.45) is 2.83. The normalized spacial score (nSPS) is 14.4. The van der Waals surface area contributed by atoms with Crippen molar-refractivity contribution in [1.82, 2.24) is 0 Å². The Balaban J connectivity index is 2.58. The molecule has 0 aliphatic carbocycles. The fourth-order valence-corrected chi connectivity index (χ4v) is 1.53.